The molecule has 143 valence electrons. The van der Waals surface area contributed by atoms with Crippen molar-refractivity contribution in [2.24, 2.45) is 0 Å². The fraction of sp³-hybridized carbons (Fsp3) is 0.611. The third-order valence-electron chi connectivity index (χ3n) is 5.65. The Balaban J connectivity index is 0.00000210. The van der Waals surface area contributed by atoms with Crippen molar-refractivity contribution in [1.82, 2.24) is 14.3 Å². The molecule has 0 saturated carbocycles. The maximum absolute atomic E-state index is 12.4. The van der Waals surface area contributed by atoms with E-state index in [-0.39, 0.29) is 57.4 Å². The van der Waals surface area contributed by atoms with Crippen molar-refractivity contribution in [3.8, 4) is 0 Å². The number of likely N-dealkylation sites (N-methyl/N-ethyl adjacent to an activating group) is 1. The van der Waals surface area contributed by atoms with Gasteiger partial charge in [0.25, 0.3) is 0 Å². The molecule has 9 heteroatoms. The van der Waals surface area contributed by atoms with E-state index >= 15 is 0 Å². The summed E-state index contributed by atoms with van der Waals surface area (Å²) in [6.07, 6.45) is 6.88. The molecule has 4 rings (SSSR count). The van der Waals surface area contributed by atoms with Crippen molar-refractivity contribution in [3.05, 3.63) is 28.3 Å². The van der Waals surface area contributed by atoms with Crippen LogP contribution in [-0.2, 0) is 35.9 Å². The summed E-state index contributed by atoms with van der Waals surface area (Å²) in [5.74, 6) is 0. The van der Waals surface area contributed by atoms with Gasteiger partial charge in [0.05, 0.1) is 0 Å². The third-order valence-corrected chi connectivity index (χ3v) is 6.75. The number of carbonyl (C=O) groups is 1. The van der Waals surface area contributed by atoms with Crippen molar-refractivity contribution in [3.63, 3.8) is 0 Å². The van der Waals surface area contributed by atoms with Gasteiger partial charge in [0.1, 0.15) is 0 Å². The van der Waals surface area contributed by atoms with Crippen LogP contribution in [0.4, 0.5) is 10.5 Å². The molecule has 27 heavy (non-hydrogen) atoms. The first-order valence-corrected chi connectivity index (χ1v) is 10.9. The van der Waals surface area contributed by atoms with Crippen molar-refractivity contribution in [2.75, 3.05) is 25.5 Å². The summed E-state index contributed by atoms with van der Waals surface area (Å²) >= 11 is 0. The third kappa shape index (κ3) is 4.95. The van der Waals surface area contributed by atoms with Crippen LogP contribution in [0.15, 0.2) is 6.07 Å². The second kappa shape index (κ2) is 8.79. The van der Waals surface area contributed by atoms with E-state index in [0.29, 0.717) is 6.54 Å². The molecular weight excluding hydrogens is 391 g/mol. The van der Waals surface area contributed by atoms with Crippen LogP contribution in [0, 0.1) is 0 Å². The Bertz CT molecular complexity index is 811. The van der Waals surface area contributed by atoms with Crippen molar-refractivity contribution in [2.45, 2.75) is 51.0 Å². The Hall–Kier alpha value is -0.00364. The average molecular weight is 418 g/mol. The van der Waals surface area contributed by atoms with E-state index in [9.17, 15) is 13.2 Å². The maximum atomic E-state index is 12.4. The molecule has 3 aliphatic rings. The molecule has 0 aromatic heterocycles. The van der Waals surface area contributed by atoms with Crippen LogP contribution in [0.3, 0.4) is 0 Å². The summed E-state index contributed by atoms with van der Waals surface area (Å²) in [4.78, 5) is 14.5. The molecule has 2 amide bonds. The molecule has 3 N–H and O–H groups in total. The van der Waals surface area contributed by atoms with Crippen LogP contribution >= 0.6 is 0 Å². The zero-order valence-electron chi connectivity index (χ0n) is 16.1. The van der Waals surface area contributed by atoms with Gasteiger partial charge >= 0.3 is 16.2 Å². The number of benzene rings is 1. The van der Waals surface area contributed by atoms with Gasteiger partial charge in [0.2, 0.25) is 0 Å². The number of anilines is 1. The van der Waals surface area contributed by atoms with Crippen molar-refractivity contribution >= 4 is 73.3 Å². The Morgan fingerprint density at radius 2 is 1.74 bits per heavy atom. The minimum absolute atomic E-state index is 0. The molecule has 1 aromatic rings. The number of rotatable bonds is 4. The molecule has 1 aromatic carbocycles. The van der Waals surface area contributed by atoms with E-state index < -0.39 is 16.2 Å². The molecule has 0 spiro atoms. The topological polar surface area (TPSA) is 90.5 Å². The Morgan fingerprint density at radius 3 is 2.30 bits per heavy atom. The summed E-state index contributed by atoms with van der Waals surface area (Å²) in [6.45, 7) is 1.50. The molecular formula is C18H26KN4O3S. The van der Waals surface area contributed by atoms with Crippen LogP contribution in [0.25, 0.3) is 0 Å². The SMILES string of the molecule is CN1CC[C@@H](NS(=O)(=O)NC(=O)Nc2c3c(cc4c2CCC4)CCC3)C1.[K]. The Morgan fingerprint density at radius 1 is 1.11 bits per heavy atom. The second-order valence-electron chi connectivity index (χ2n) is 7.66. The molecule has 1 heterocycles. The van der Waals surface area contributed by atoms with Crippen LogP contribution in [0.5, 0.6) is 0 Å². The van der Waals surface area contributed by atoms with Gasteiger partial charge in [-0.3, -0.25) is 0 Å². The molecule has 2 aliphatic carbocycles. The normalized spacial score (nSPS) is 21.4. The van der Waals surface area contributed by atoms with Crippen LogP contribution in [0.1, 0.15) is 41.5 Å². The summed E-state index contributed by atoms with van der Waals surface area (Å²) < 4.78 is 29.2. The first-order valence-electron chi connectivity index (χ1n) is 9.37. The summed E-state index contributed by atoms with van der Waals surface area (Å²) in [7, 11) is -1.93. The van der Waals surface area contributed by atoms with Gasteiger partial charge in [-0.1, -0.05) is 6.07 Å². The van der Waals surface area contributed by atoms with E-state index in [1.54, 1.807) is 0 Å². The number of hydrogen-bond donors (Lipinski definition) is 3. The minimum atomic E-state index is -3.87. The predicted octanol–water partition coefficient (Wildman–Crippen LogP) is 0.943. The fourth-order valence-corrected chi connectivity index (χ4v) is 5.49. The number of fused-ring (bicyclic) bond motifs is 2. The Labute approximate surface area is 203 Å². The molecule has 1 aliphatic heterocycles. The summed E-state index contributed by atoms with van der Waals surface area (Å²) in [6, 6.07) is 1.44. The number of aryl methyl sites for hydroxylation is 2. The molecule has 1 saturated heterocycles. The molecule has 1 radical (unpaired) electrons. The maximum Gasteiger partial charge on any atom is 0.333 e. The van der Waals surface area contributed by atoms with Gasteiger partial charge in [-0.05, 0) is 80.8 Å². The Kier molecular flexibility index (Phi) is 7.06. The molecule has 1 fully saturated rings. The average Bonchev–Trinajstić information content (AvgIpc) is 3.26. The molecule has 0 unspecified atom stereocenters. The van der Waals surface area contributed by atoms with E-state index in [0.717, 1.165) is 57.2 Å². The van der Waals surface area contributed by atoms with Gasteiger partial charge in [-0.25, -0.2) is 9.52 Å². The zero-order valence-corrected chi connectivity index (χ0v) is 20.0. The van der Waals surface area contributed by atoms with Gasteiger partial charge < -0.3 is 10.2 Å². The number of carbonyl (C=O) groups excluding carboxylic acids is 1. The van der Waals surface area contributed by atoms with Crippen molar-refractivity contribution in [1.29, 1.82) is 0 Å². The van der Waals surface area contributed by atoms with Gasteiger partial charge in [-0.2, -0.15) is 13.1 Å². The number of likely N-dealkylation sites (tertiary alicyclic amines) is 1. The van der Waals surface area contributed by atoms with E-state index in [1.807, 2.05) is 7.05 Å². The van der Waals surface area contributed by atoms with E-state index in [4.69, 9.17) is 0 Å². The summed E-state index contributed by atoms with van der Waals surface area (Å²) in [5.41, 5.74) is 5.82. The van der Waals surface area contributed by atoms with Crippen LogP contribution in [0.2, 0.25) is 0 Å². The van der Waals surface area contributed by atoms with Crippen molar-refractivity contribution < 1.29 is 13.2 Å². The van der Waals surface area contributed by atoms with E-state index in [1.165, 1.54) is 22.3 Å². The van der Waals surface area contributed by atoms with Gasteiger partial charge in [0.15, 0.2) is 0 Å². The van der Waals surface area contributed by atoms with Crippen LogP contribution < -0.4 is 14.8 Å². The monoisotopic (exact) mass is 417 g/mol. The molecule has 1 atom stereocenters. The first-order chi connectivity index (χ1) is 12.4. The van der Waals surface area contributed by atoms with Gasteiger partial charge in [0, 0.05) is 69.7 Å². The second-order valence-corrected chi connectivity index (χ2v) is 9.11. The predicted molar refractivity (Wildman–Crippen MR) is 106 cm³/mol. The van der Waals surface area contributed by atoms with Crippen LogP contribution in [-0.4, -0.2) is 96.9 Å². The molecule has 0 bridgehead atoms. The zero-order chi connectivity index (χ0) is 18.3. The summed E-state index contributed by atoms with van der Waals surface area (Å²) in [5, 5.41) is 2.85. The number of nitrogens with one attached hydrogen (secondary N) is 3. The number of amides is 2. The quantitative estimate of drug-likeness (QED) is 0.636. The van der Waals surface area contributed by atoms with Gasteiger partial charge in [-0.15, -0.1) is 0 Å². The number of urea groups is 1. The first kappa shape index (κ1) is 21.7. The largest absolute Gasteiger partial charge is 0.333 e. The fourth-order valence-electron chi connectivity index (χ4n) is 4.51. The number of hydrogen-bond acceptors (Lipinski definition) is 4. The standard InChI is InChI=1S/C18H26N4O3S.K/c1-22-9-8-14(11-22)20-26(24,25)21-18(23)19-17-15-6-2-4-12(15)10-13-5-3-7-16(13)17;/h10,14,20H,2-9,11H2,1H3,(H2,19,21,23);/t14-;/m1./s1. The van der Waals surface area contributed by atoms with E-state index in [2.05, 4.69) is 25.7 Å². The smallest absolute Gasteiger partial charge is 0.307 e. The molecule has 7 nitrogen and oxygen atoms in total. The minimum Gasteiger partial charge on any atom is -0.307 e. The number of nitrogens with zero attached hydrogens (tertiary/aromatic N) is 1.